The van der Waals surface area contributed by atoms with E-state index in [0.29, 0.717) is 32.5 Å². The maximum absolute atomic E-state index is 13.5. The fourth-order valence-corrected chi connectivity index (χ4v) is 4.13. The summed E-state index contributed by atoms with van der Waals surface area (Å²) in [6, 6.07) is 6.71. The van der Waals surface area contributed by atoms with Crippen molar-refractivity contribution >= 4 is 17.7 Å². The molecule has 0 spiro atoms. The number of nitrogens with one attached hydrogen (secondary N) is 1. The third-order valence-electron chi connectivity index (χ3n) is 5.59. The van der Waals surface area contributed by atoms with Gasteiger partial charge in [-0.1, -0.05) is 31.2 Å². The number of amides is 3. The maximum atomic E-state index is 13.5. The summed E-state index contributed by atoms with van der Waals surface area (Å²) in [6.07, 6.45) is 1.69. The van der Waals surface area contributed by atoms with Crippen molar-refractivity contribution in [1.82, 2.24) is 15.1 Å². The summed E-state index contributed by atoms with van der Waals surface area (Å²) in [4.78, 5) is 41.4. The number of rotatable bonds is 5. The SMILES string of the molecule is CCCO[C@H]1C[C@H](C(=O)N2Cc3ccccc3C[C@H]2C(=O)NC)N(C(C)=O)C1. The van der Waals surface area contributed by atoms with Crippen molar-refractivity contribution in [1.29, 1.82) is 0 Å². The van der Waals surface area contributed by atoms with E-state index in [1.54, 1.807) is 16.8 Å². The van der Waals surface area contributed by atoms with E-state index in [9.17, 15) is 14.4 Å². The van der Waals surface area contributed by atoms with Gasteiger partial charge in [-0.2, -0.15) is 0 Å². The smallest absolute Gasteiger partial charge is 0.246 e. The molecule has 1 N–H and O–H groups in total. The second-order valence-corrected chi connectivity index (χ2v) is 7.48. The van der Waals surface area contributed by atoms with Crippen LogP contribution < -0.4 is 5.32 Å². The number of likely N-dealkylation sites (tertiary alicyclic amines) is 1. The maximum Gasteiger partial charge on any atom is 0.246 e. The summed E-state index contributed by atoms with van der Waals surface area (Å²) in [5.41, 5.74) is 2.13. The van der Waals surface area contributed by atoms with Crippen LogP contribution in [0.15, 0.2) is 24.3 Å². The van der Waals surface area contributed by atoms with Crippen LogP contribution in [0.3, 0.4) is 0 Å². The van der Waals surface area contributed by atoms with E-state index in [4.69, 9.17) is 4.74 Å². The Hall–Kier alpha value is -2.41. The number of fused-ring (bicyclic) bond motifs is 1. The van der Waals surface area contributed by atoms with Crippen LogP contribution in [0, 0.1) is 0 Å². The molecular weight excluding hydrogens is 358 g/mol. The molecule has 2 aliphatic rings. The van der Waals surface area contributed by atoms with Gasteiger partial charge >= 0.3 is 0 Å². The first-order valence-corrected chi connectivity index (χ1v) is 9.93. The Balaban J connectivity index is 1.85. The molecule has 3 atom stereocenters. The summed E-state index contributed by atoms with van der Waals surface area (Å²) >= 11 is 0. The quantitative estimate of drug-likeness (QED) is 0.821. The van der Waals surface area contributed by atoms with E-state index >= 15 is 0 Å². The summed E-state index contributed by atoms with van der Waals surface area (Å²) in [6.45, 7) is 4.90. The highest BCUT2D eigenvalue weighted by Gasteiger charge is 2.44. The molecule has 2 aliphatic heterocycles. The van der Waals surface area contributed by atoms with Crippen LogP contribution in [0.2, 0.25) is 0 Å². The van der Waals surface area contributed by atoms with E-state index in [1.807, 2.05) is 31.2 Å². The highest BCUT2D eigenvalue weighted by Crippen LogP contribution is 2.28. The monoisotopic (exact) mass is 387 g/mol. The van der Waals surface area contributed by atoms with Gasteiger partial charge in [0.2, 0.25) is 17.7 Å². The second kappa shape index (κ2) is 8.73. The minimum atomic E-state index is -0.586. The number of ether oxygens (including phenoxy) is 1. The van der Waals surface area contributed by atoms with Crippen LogP contribution in [0.25, 0.3) is 0 Å². The molecule has 1 fully saturated rings. The number of hydrogen-bond donors (Lipinski definition) is 1. The first-order chi connectivity index (χ1) is 13.5. The lowest BCUT2D eigenvalue weighted by molar-refractivity contribution is -0.148. The lowest BCUT2D eigenvalue weighted by Crippen LogP contribution is -2.56. The number of hydrogen-bond acceptors (Lipinski definition) is 4. The van der Waals surface area contributed by atoms with Crippen molar-refractivity contribution in [3.05, 3.63) is 35.4 Å². The molecule has 1 aromatic rings. The van der Waals surface area contributed by atoms with Crippen LogP contribution in [0.4, 0.5) is 0 Å². The molecule has 0 saturated carbocycles. The zero-order valence-corrected chi connectivity index (χ0v) is 16.8. The molecule has 0 aliphatic carbocycles. The van der Waals surface area contributed by atoms with Crippen molar-refractivity contribution < 1.29 is 19.1 Å². The molecule has 0 unspecified atom stereocenters. The second-order valence-electron chi connectivity index (χ2n) is 7.48. The lowest BCUT2D eigenvalue weighted by atomic mass is 9.92. The van der Waals surface area contributed by atoms with Crippen molar-refractivity contribution in [2.24, 2.45) is 0 Å². The summed E-state index contributed by atoms with van der Waals surface area (Å²) in [7, 11) is 1.58. The van der Waals surface area contributed by atoms with E-state index < -0.39 is 12.1 Å². The van der Waals surface area contributed by atoms with Gasteiger partial charge in [-0.25, -0.2) is 0 Å². The predicted molar refractivity (Wildman–Crippen MR) is 104 cm³/mol. The molecular formula is C21H29N3O4. The normalized spacial score (nSPS) is 24.0. The van der Waals surface area contributed by atoms with Crippen LogP contribution in [0.1, 0.15) is 37.8 Å². The van der Waals surface area contributed by atoms with E-state index in [2.05, 4.69) is 5.32 Å². The average Bonchev–Trinajstić information content (AvgIpc) is 3.14. The van der Waals surface area contributed by atoms with Crippen molar-refractivity contribution in [2.75, 3.05) is 20.2 Å². The highest BCUT2D eigenvalue weighted by molar-refractivity contribution is 5.92. The Labute approximate surface area is 166 Å². The number of benzene rings is 1. The topological polar surface area (TPSA) is 79.0 Å². The summed E-state index contributed by atoms with van der Waals surface area (Å²) in [5, 5.41) is 2.67. The first kappa shape index (κ1) is 20.3. The number of carbonyl (C=O) groups is 3. The van der Waals surface area contributed by atoms with Gasteiger partial charge in [-0.3, -0.25) is 14.4 Å². The lowest BCUT2D eigenvalue weighted by Gasteiger charge is -2.38. The molecule has 7 heteroatoms. The molecule has 3 rings (SSSR count). The first-order valence-electron chi connectivity index (χ1n) is 9.93. The van der Waals surface area contributed by atoms with Gasteiger partial charge in [-0.15, -0.1) is 0 Å². The van der Waals surface area contributed by atoms with Crippen LogP contribution in [0.5, 0.6) is 0 Å². The fraction of sp³-hybridized carbons (Fsp3) is 0.571. The Kier molecular flexibility index (Phi) is 6.34. The van der Waals surface area contributed by atoms with Gasteiger partial charge in [-0.05, 0) is 17.5 Å². The minimum Gasteiger partial charge on any atom is -0.376 e. The highest BCUT2D eigenvalue weighted by atomic mass is 16.5. The number of carbonyl (C=O) groups excluding carboxylic acids is 3. The third-order valence-corrected chi connectivity index (χ3v) is 5.59. The van der Waals surface area contributed by atoms with Gasteiger partial charge in [0.05, 0.1) is 6.10 Å². The van der Waals surface area contributed by atoms with Crippen LogP contribution >= 0.6 is 0 Å². The van der Waals surface area contributed by atoms with Gasteiger partial charge in [0.15, 0.2) is 0 Å². The standard InChI is InChI=1S/C21H29N3O4/c1-4-9-28-17-11-19(23(13-17)14(2)25)21(27)24-12-16-8-6-5-7-15(16)10-18(24)20(26)22-3/h5-8,17-19H,4,9-13H2,1-3H3,(H,22,26)/t17-,18-,19+/m0/s1. The zero-order valence-electron chi connectivity index (χ0n) is 16.8. The Morgan fingerprint density at radius 1 is 1.14 bits per heavy atom. The van der Waals surface area contributed by atoms with Gasteiger partial charge in [0, 0.05) is 46.5 Å². The molecule has 3 amide bonds. The van der Waals surface area contributed by atoms with Crippen molar-refractivity contribution in [3.63, 3.8) is 0 Å². The largest absolute Gasteiger partial charge is 0.376 e. The average molecular weight is 387 g/mol. The number of nitrogens with zero attached hydrogens (tertiary/aromatic N) is 2. The fourth-order valence-electron chi connectivity index (χ4n) is 4.13. The van der Waals surface area contributed by atoms with Gasteiger partial charge in [0.1, 0.15) is 12.1 Å². The zero-order chi connectivity index (χ0) is 20.3. The van der Waals surface area contributed by atoms with Crippen LogP contribution in [-0.4, -0.2) is 65.9 Å². The summed E-state index contributed by atoms with van der Waals surface area (Å²) < 4.78 is 5.81. The van der Waals surface area contributed by atoms with Gasteiger partial charge < -0.3 is 19.9 Å². The number of likely N-dealkylation sites (N-methyl/N-ethyl adjacent to an activating group) is 1. The molecule has 1 aromatic carbocycles. The Morgan fingerprint density at radius 2 is 1.86 bits per heavy atom. The molecule has 2 heterocycles. The van der Waals surface area contributed by atoms with Crippen molar-refractivity contribution in [2.45, 2.75) is 57.8 Å². The molecule has 7 nitrogen and oxygen atoms in total. The predicted octanol–water partition coefficient (Wildman–Crippen LogP) is 1.10. The van der Waals surface area contributed by atoms with Crippen LogP contribution in [-0.2, 0) is 32.1 Å². The van der Waals surface area contributed by atoms with Crippen molar-refractivity contribution in [3.8, 4) is 0 Å². The molecule has 1 saturated heterocycles. The minimum absolute atomic E-state index is 0.144. The Morgan fingerprint density at radius 3 is 2.50 bits per heavy atom. The molecule has 28 heavy (non-hydrogen) atoms. The van der Waals surface area contributed by atoms with Gasteiger partial charge in [0.25, 0.3) is 0 Å². The van der Waals surface area contributed by atoms with E-state index in [0.717, 1.165) is 17.5 Å². The summed E-state index contributed by atoms with van der Waals surface area (Å²) in [5.74, 6) is -0.509. The molecule has 152 valence electrons. The third kappa shape index (κ3) is 4.04. The molecule has 0 radical (unpaired) electrons. The molecule has 0 aromatic heterocycles. The van der Waals surface area contributed by atoms with E-state index in [1.165, 1.54) is 6.92 Å². The Bertz CT molecular complexity index is 751. The van der Waals surface area contributed by atoms with E-state index in [-0.39, 0.29) is 23.8 Å². The molecule has 0 bridgehead atoms.